The van der Waals surface area contributed by atoms with E-state index in [0.29, 0.717) is 5.56 Å². The molecule has 2 N–H and O–H groups in total. The second kappa shape index (κ2) is 6.83. The van der Waals surface area contributed by atoms with Crippen LogP contribution in [-0.4, -0.2) is 17.6 Å². The number of amides is 2. The van der Waals surface area contributed by atoms with Gasteiger partial charge < -0.3 is 10.6 Å². The average molecular weight is 314 g/mol. The molecule has 0 aliphatic rings. The van der Waals surface area contributed by atoms with E-state index in [2.05, 4.69) is 10.6 Å². The van der Waals surface area contributed by atoms with Crippen molar-refractivity contribution in [2.75, 3.05) is 10.6 Å². The van der Waals surface area contributed by atoms with Gasteiger partial charge in [-0.1, -0.05) is 18.2 Å². The first-order valence-electron chi connectivity index (χ1n) is 6.87. The monoisotopic (exact) mass is 314 g/mol. The lowest BCUT2D eigenvalue weighted by molar-refractivity contribution is -0.114. The van der Waals surface area contributed by atoms with Crippen LogP contribution in [0.1, 0.15) is 22.8 Å². The highest BCUT2D eigenvalue weighted by Crippen LogP contribution is 2.19. The number of halogens is 1. The minimum Gasteiger partial charge on any atom is -0.326 e. The van der Waals surface area contributed by atoms with Crippen molar-refractivity contribution in [3.63, 3.8) is 0 Å². The number of anilines is 2. The minimum atomic E-state index is -0.906. The van der Waals surface area contributed by atoms with Crippen LogP contribution in [-0.2, 0) is 9.59 Å². The molecule has 0 atom stereocenters. The second-order valence-corrected chi connectivity index (χ2v) is 4.97. The summed E-state index contributed by atoms with van der Waals surface area (Å²) in [6, 6.07) is 10.1. The number of aryl methyl sites for hydroxylation is 1. The molecule has 0 saturated heterocycles. The van der Waals surface area contributed by atoms with Gasteiger partial charge >= 0.3 is 0 Å². The van der Waals surface area contributed by atoms with Crippen LogP contribution < -0.4 is 10.6 Å². The van der Waals surface area contributed by atoms with E-state index >= 15 is 0 Å². The smallest absolute Gasteiger partial charge is 0.296 e. The summed E-state index contributed by atoms with van der Waals surface area (Å²) in [6.45, 7) is 2.99. The average Bonchev–Trinajstić information content (AvgIpc) is 2.50. The lowest BCUT2D eigenvalue weighted by Gasteiger charge is -2.10. The molecule has 6 heteroatoms. The molecule has 0 bridgehead atoms. The SMILES string of the molecule is CC(=O)Nc1ccccc1C(=O)C(=O)Nc1cc(F)ccc1C. The van der Waals surface area contributed by atoms with Crippen LogP contribution in [0.25, 0.3) is 0 Å². The number of hydrogen-bond donors (Lipinski definition) is 2. The molecule has 2 rings (SSSR count). The Morgan fingerprint density at radius 3 is 2.35 bits per heavy atom. The van der Waals surface area contributed by atoms with Gasteiger partial charge in [-0.15, -0.1) is 0 Å². The van der Waals surface area contributed by atoms with Crippen LogP contribution in [0.3, 0.4) is 0 Å². The van der Waals surface area contributed by atoms with E-state index in [1.165, 1.54) is 31.2 Å². The van der Waals surface area contributed by atoms with Gasteiger partial charge in [-0.25, -0.2) is 4.39 Å². The van der Waals surface area contributed by atoms with Crippen molar-refractivity contribution in [3.8, 4) is 0 Å². The molecule has 0 aliphatic heterocycles. The number of nitrogens with one attached hydrogen (secondary N) is 2. The van der Waals surface area contributed by atoms with Gasteiger partial charge in [-0.3, -0.25) is 14.4 Å². The van der Waals surface area contributed by atoms with E-state index in [4.69, 9.17) is 0 Å². The lowest BCUT2D eigenvalue weighted by atomic mass is 10.1. The fourth-order valence-corrected chi connectivity index (χ4v) is 2.01. The summed E-state index contributed by atoms with van der Waals surface area (Å²) >= 11 is 0. The second-order valence-electron chi connectivity index (χ2n) is 4.97. The molecule has 5 nitrogen and oxygen atoms in total. The van der Waals surface area contributed by atoms with Crippen LogP contribution in [0.5, 0.6) is 0 Å². The number of hydrogen-bond acceptors (Lipinski definition) is 3. The largest absolute Gasteiger partial charge is 0.326 e. The summed E-state index contributed by atoms with van der Waals surface area (Å²) in [5.74, 6) is -2.60. The third kappa shape index (κ3) is 4.00. The Morgan fingerprint density at radius 1 is 0.957 bits per heavy atom. The molecule has 0 aromatic heterocycles. The van der Waals surface area contributed by atoms with Crippen molar-refractivity contribution in [1.29, 1.82) is 0 Å². The molecule has 2 aromatic rings. The predicted octanol–water partition coefficient (Wildman–Crippen LogP) is 2.91. The molecule has 118 valence electrons. The molecule has 0 spiro atoms. The molecule has 0 fully saturated rings. The third-order valence-corrected chi connectivity index (χ3v) is 3.14. The number of Topliss-reactive ketones (excluding diaryl/α,β-unsaturated/α-hetero) is 1. The molecular formula is C17H15FN2O3. The van der Waals surface area contributed by atoms with Crippen LogP contribution in [0.2, 0.25) is 0 Å². The Labute approximate surface area is 132 Å². The first-order chi connectivity index (χ1) is 10.9. The Bertz CT molecular complexity index is 787. The Kier molecular flexibility index (Phi) is 4.85. The van der Waals surface area contributed by atoms with Crippen molar-refractivity contribution >= 4 is 29.0 Å². The summed E-state index contributed by atoms with van der Waals surface area (Å²) < 4.78 is 13.2. The van der Waals surface area contributed by atoms with Crippen LogP contribution in [0.4, 0.5) is 15.8 Å². The van der Waals surface area contributed by atoms with Crippen molar-refractivity contribution in [1.82, 2.24) is 0 Å². The van der Waals surface area contributed by atoms with E-state index < -0.39 is 17.5 Å². The van der Waals surface area contributed by atoms with E-state index in [0.717, 1.165) is 6.07 Å². The third-order valence-electron chi connectivity index (χ3n) is 3.14. The topological polar surface area (TPSA) is 75.3 Å². The first-order valence-corrected chi connectivity index (χ1v) is 6.87. The molecule has 0 unspecified atom stereocenters. The number of para-hydroxylation sites is 1. The van der Waals surface area contributed by atoms with Gasteiger partial charge in [0.05, 0.1) is 11.3 Å². The van der Waals surface area contributed by atoms with Gasteiger partial charge in [0.2, 0.25) is 5.91 Å². The first kappa shape index (κ1) is 16.4. The maximum atomic E-state index is 13.2. The molecule has 2 aromatic carbocycles. The van der Waals surface area contributed by atoms with Gasteiger partial charge in [-0.2, -0.15) is 0 Å². The zero-order valence-electron chi connectivity index (χ0n) is 12.6. The van der Waals surface area contributed by atoms with Gasteiger partial charge in [-0.05, 0) is 36.8 Å². The van der Waals surface area contributed by atoms with Crippen molar-refractivity contribution in [2.24, 2.45) is 0 Å². The van der Waals surface area contributed by atoms with Crippen LogP contribution in [0.15, 0.2) is 42.5 Å². The van der Waals surface area contributed by atoms with E-state index in [9.17, 15) is 18.8 Å². The molecule has 2 amide bonds. The molecule has 0 saturated carbocycles. The summed E-state index contributed by atoms with van der Waals surface area (Å²) in [5, 5.41) is 4.88. The minimum absolute atomic E-state index is 0.0641. The van der Waals surface area contributed by atoms with Gasteiger partial charge in [0, 0.05) is 12.6 Å². The molecular weight excluding hydrogens is 299 g/mol. The van der Waals surface area contributed by atoms with E-state index in [1.807, 2.05) is 0 Å². The van der Waals surface area contributed by atoms with Gasteiger partial charge in [0.25, 0.3) is 11.7 Å². The molecule has 0 aliphatic carbocycles. The number of carbonyl (C=O) groups is 3. The summed E-state index contributed by atoms with van der Waals surface area (Å²) in [6.07, 6.45) is 0. The summed E-state index contributed by atoms with van der Waals surface area (Å²) in [5.41, 5.74) is 1.16. The zero-order chi connectivity index (χ0) is 17.0. The number of benzene rings is 2. The standard InChI is InChI=1S/C17H15FN2O3/c1-10-7-8-12(18)9-15(10)20-17(23)16(22)13-5-3-4-6-14(13)19-11(2)21/h3-9H,1-2H3,(H,19,21)(H,20,23). The lowest BCUT2D eigenvalue weighted by Crippen LogP contribution is -2.24. The van der Waals surface area contributed by atoms with Crippen LogP contribution >= 0.6 is 0 Å². The highest BCUT2D eigenvalue weighted by Gasteiger charge is 2.20. The molecule has 0 radical (unpaired) electrons. The van der Waals surface area contributed by atoms with Crippen molar-refractivity contribution in [2.45, 2.75) is 13.8 Å². The Morgan fingerprint density at radius 2 is 1.65 bits per heavy atom. The number of ketones is 1. The highest BCUT2D eigenvalue weighted by atomic mass is 19.1. The maximum Gasteiger partial charge on any atom is 0.296 e. The van der Waals surface area contributed by atoms with Crippen molar-refractivity contribution < 1.29 is 18.8 Å². The summed E-state index contributed by atoms with van der Waals surface area (Å²) in [7, 11) is 0. The summed E-state index contributed by atoms with van der Waals surface area (Å²) in [4.78, 5) is 35.6. The highest BCUT2D eigenvalue weighted by molar-refractivity contribution is 6.47. The van der Waals surface area contributed by atoms with Gasteiger partial charge in [0.1, 0.15) is 5.82 Å². The predicted molar refractivity (Wildman–Crippen MR) is 84.8 cm³/mol. The molecule has 0 heterocycles. The number of rotatable bonds is 4. The molecule has 23 heavy (non-hydrogen) atoms. The normalized spacial score (nSPS) is 10.0. The van der Waals surface area contributed by atoms with E-state index in [1.54, 1.807) is 19.1 Å². The Hall–Kier alpha value is -3.02. The van der Waals surface area contributed by atoms with Gasteiger partial charge in [0.15, 0.2) is 0 Å². The fraction of sp³-hybridized carbons (Fsp3) is 0.118. The fourth-order valence-electron chi connectivity index (χ4n) is 2.01. The maximum absolute atomic E-state index is 13.2. The van der Waals surface area contributed by atoms with E-state index in [-0.39, 0.29) is 22.8 Å². The van der Waals surface area contributed by atoms with Crippen LogP contribution in [0, 0.1) is 12.7 Å². The quantitative estimate of drug-likeness (QED) is 0.673. The zero-order valence-corrected chi connectivity index (χ0v) is 12.6. The number of carbonyl (C=O) groups excluding carboxylic acids is 3. The Balaban J connectivity index is 2.25. The van der Waals surface area contributed by atoms with Crippen molar-refractivity contribution in [3.05, 3.63) is 59.4 Å².